The van der Waals surface area contributed by atoms with Crippen LogP contribution in [0.15, 0.2) is 0 Å². The molecule has 0 fully saturated rings. The highest BCUT2D eigenvalue weighted by Crippen LogP contribution is 2.36. The first kappa shape index (κ1) is 11.6. The smallest absolute Gasteiger partial charge is 0.195 e. The highest BCUT2D eigenvalue weighted by atomic mass is 127. The Morgan fingerprint density at radius 3 is 2.18 bits per heavy atom. The van der Waals surface area contributed by atoms with Crippen molar-refractivity contribution in [3.05, 3.63) is 0 Å². The van der Waals surface area contributed by atoms with Gasteiger partial charge in [0.05, 0.1) is 0 Å². The normalized spacial score (nSPS) is 15.0. The molecule has 0 radical (unpaired) electrons. The van der Waals surface area contributed by atoms with Gasteiger partial charge in [0.1, 0.15) is 0 Å². The third kappa shape index (κ3) is 4.93. The molecule has 0 aliphatic carbocycles. The fraction of sp³-hybridized carbons (Fsp3) is 1.00. The van der Waals surface area contributed by atoms with Gasteiger partial charge in [-0.25, -0.2) is 0 Å². The van der Waals surface area contributed by atoms with Crippen LogP contribution in [0, 0.1) is 5.92 Å². The van der Waals surface area contributed by atoms with Crippen LogP contribution in [0.3, 0.4) is 0 Å². The first-order valence-electron chi connectivity index (χ1n) is 4.09. The van der Waals surface area contributed by atoms with Crippen LogP contribution in [0.1, 0.15) is 39.5 Å². The molecule has 0 heterocycles. The number of unbranched alkanes of at least 4 members (excludes halogenated alkanes) is 1. The van der Waals surface area contributed by atoms with E-state index in [9.17, 15) is 8.78 Å². The SMILES string of the molecule is CCCCC(CC)C(F)(F)I. The Labute approximate surface area is 80.9 Å². The second kappa shape index (κ2) is 5.27. The number of hydrogen-bond acceptors (Lipinski definition) is 0. The number of halogens is 3. The Hall–Kier alpha value is 0.590. The molecule has 0 aromatic carbocycles. The topological polar surface area (TPSA) is 0 Å². The molecule has 11 heavy (non-hydrogen) atoms. The van der Waals surface area contributed by atoms with E-state index < -0.39 is 9.85 Å². The van der Waals surface area contributed by atoms with E-state index in [4.69, 9.17) is 0 Å². The van der Waals surface area contributed by atoms with Crippen LogP contribution in [0.4, 0.5) is 8.78 Å². The summed E-state index contributed by atoms with van der Waals surface area (Å²) in [5.41, 5.74) is 0. The van der Waals surface area contributed by atoms with Crippen LogP contribution in [0.5, 0.6) is 0 Å². The Morgan fingerprint density at radius 1 is 1.36 bits per heavy atom. The zero-order chi connectivity index (χ0) is 8.91. The largest absolute Gasteiger partial charge is 0.299 e. The van der Waals surface area contributed by atoms with Crippen LogP contribution in [0.25, 0.3) is 0 Å². The van der Waals surface area contributed by atoms with E-state index >= 15 is 0 Å². The molecule has 3 heteroatoms. The van der Waals surface area contributed by atoms with Crippen LogP contribution >= 0.6 is 22.6 Å². The molecule has 0 spiro atoms. The minimum atomic E-state index is -2.51. The third-order valence-electron chi connectivity index (χ3n) is 1.86. The zero-order valence-corrected chi connectivity index (χ0v) is 9.20. The molecule has 0 N–H and O–H groups in total. The van der Waals surface area contributed by atoms with Gasteiger partial charge < -0.3 is 0 Å². The van der Waals surface area contributed by atoms with E-state index in [0.717, 1.165) is 12.8 Å². The number of hydrogen-bond donors (Lipinski definition) is 0. The van der Waals surface area contributed by atoms with Crippen molar-refractivity contribution >= 4 is 22.6 Å². The standard InChI is InChI=1S/C8H15F2I/c1-3-5-6-7(4-2)8(9,10)11/h7H,3-6H2,1-2H3. The van der Waals surface area contributed by atoms with Gasteiger partial charge in [-0.3, -0.25) is 0 Å². The molecular formula is C8H15F2I. The molecule has 0 aromatic rings. The molecule has 1 atom stereocenters. The first-order chi connectivity index (χ1) is 5.02. The second-order valence-electron chi connectivity index (χ2n) is 2.79. The first-order valence-corrected chi connectivity index (χ1v) is 5.17. The van der Waals surface area contributed by atoms with Gasteiger partial charge in [0.15, 0.2) is 0 Å². The maximum atomic E-state index is 12.7. The average Bonchev–Trinajstić information content (AvgIpc) is 1.87. The molecular weight excluding hydrogens is 261 g/mol. The number of rotatable bonds is 5. The van der Waals surface area contributed by atoms with Crippen molar-refractivity contribution in [2.45, 2.75) is 43.5 Å². The van der Waals surface area contributed by atoms with E-state index in [2.05, 4.69) is 0 Å². The van der Waals surface area contributed by atoms with Crippen molar-refractivity contribution in [2.75, 3.05) is 0 Å². The molecule has 0 aromatic heterocycles. The van der Waals surface area contributed by atoms with Crippen LogP contribution in [-0.2, 0) is 0 Å². The summed E-state index contributed by atoms with van der Waals surface area (Å²) in [5.74, 6) is -0.428. The van der Waals surface area contributed by atoms with Gasteiger partial charge in [0.25, 0.3) is 3.93 Å². The molecule has 0 rings (SSSR count). The van der Waals surface area contributed by atoms with Gasteiger partial charge in [-0.2, -0.15) is 8.78 Å². The lowest BCUT2D eigenvalue weighted by Gasteiger charge is -2.19. The van der Waals surface area contributed by atoms with Crippen LogP contribution in [0.2, 0.25) is 0 Å². The van der Waals surface area contributed by atoms with E-state index in [1.165, 1.54) is 22.6 Å². The summed E-state index contributed by atoms with van der Waals surface area (Å²) in [4.78, 5) is 0. The minimum Gasteiger partial charge on any atom is -0.195 e. The van der Waals surface area contributed by atoms with Gasteiger partial charge in [0.2, 0.25) is 0 Å². The van der Waals surface area contributed by atoms with Gasteiger partial charge in [-0.1, -0.05) is 26.7 Å². The second-order valence-corrected chi connectivity index (χ2v) is 4.23. The highest BCUT2D eigenvalue weighted by Gasteiger charge is 2.33. The fourth-order valence-electron chi connectivity index (χ4n) is 1.05. The van der Waals surface area contributed by atoms with Crippen molar-refractivity contribution in [1.82, 2.24) is 0 Å². The summed E-state index contributed by atoms with van der Waals surface area (Å²) in [6.07, 6.45) is 3.15. The molecule has 0 aliphatic rings. The van der Waals surface area contributed by atoms with Crippen molar-refractivity contribution in [2.24, 2.45) is 5.92 Å². The maximum absolute atomic E-state index is 12.7. The van der Waals surface area contributed by atoms with E-state index in [0.29, 0.717) is 12.8 Å². The summed E-state index contributed by atoms with van der Waals surface area (Å²) in [6.45, 7) is 3.85. The van der Waals surface area contributed by atoms with Crippen LogP contribution in [-0.4, -0.2) is 3.93 Å². The van der Waals surface area contributed by atoms with E-state index in [1.54, 1.807) is 0 Å². The lowest BCUT2D eigenvalue weighted by Crippen LogP contribution is -2.19. The molecule has 1 unspecified atom stereocenters. The van der Waals surface area contributed by atoms with Crippen molar-refractivity contribution in [3.8, 4) is 0 Å². The van der Waals surface area contributed by atoms with Crippen molar-refractivity contribution in [1.29, 1.82) is 0 Å². The summed E-state index contributed by atoms with van der Waals surface area (Å²) < 4.78 is 22.9. The van der Waals surface area contributed by atoms with Crippen molar-refractivity contribution < 1.29 is 8.78 Å². The summed E-state index contributed by atoms with van der Waals surface area (Å²) >= 11 is 1.25. The fourth-order valence-corrected chi connectivity index (χ4v) is 1.80. The van der Waals surface area contributed by atoms with Gasteiger partial charge in [0, 0.05) is 5.92 Å². The Kier molecular flexibility index (Phi) is 5.56. The van der Waals surface area contributed by atoms with Crippen molar-refractivity contribution in [3.63, 3.8) is 0 Å². The molecule has 0 aliphatic heterocycles. The van der Waals surface area contributed by atoms with Crippen LogP contribution < -0.4 is 0 Å². The third-order valence-corrected chi connectivity index (χ3v) is 2.74. The molecule has 0 amide bonds. The summed E-state index contributed by atoms with van der Waals surface area (Å²) in [7, 11) is 0. The summed E-state index contributed by atoms with van der Waals surface area (Å²) in [6, 6.07) is 0. The van der Waals surface area contributed by atoms with Gasteiger partial charge in [-0.15, -0.1) is 0 Å². The Morgan fingerprint density at radius 2 is 1.91 bits per heavy atom. The number of alkyl halides is 3. The quantitative estimate of drug-likeness (QED) is 0.520. The predicted molar refractivity (Wildman–Crippen MR) is 52.3 cm³/mol. The Bertz CT molecular complexity index is 98.8. The lowest BCUT2D eigenvalue weighted by atomic mass is 10.0. The Balaban J connectivity index is 3.76. The lowest BCUT2D eigenvalue weighted by molar-refractivity contribution is 0.0497. The summed E-state index contributed by atoms with van der Waals surface area (Å²) in [5, 5.41) is 0. The molecule has 68 valence electrons. The van der Waals surface area contributed by atoms with Gasteiger partial charge in [-0.05, 0) is 35.4 Å². The maximum Gasteiger partial charge on any atom is 0.299 e. The van der Waals surface area contributed by atoms with E-state index in [-0.39, 0.29) is 0 Å². The zero-order valence-electron chi connectivity index (χ0n) is 7.04. The van der Waals surface area contributed by atoms with Gasteiger partial charge >= 0.3 is 0 Å². The monoisotopic (exact) mass is 276 g/mol. The average molecular weight is 276 g/mol. The molecule has 0 saturated carbocycles. The molecule has 0 bridgehead atoms. The minimum absolute atomic E-state index is 0.428. The highest BCUT2D eigenvalue weighted by molar-refractivity contribution is 14.1. The molecule has 0 saturated heterocycles. The predicted octanol–water partition coefficient (Wildman–Crippen LogP) is 4.23. The van der Waals surface area contributed by atoms with E-state index in [1.807, 2.05) is 13.8 Å². The molecule has 0 nitrogen and oxygen atoms in total.